The first-order valence-corrected chi connectivity index (χ1v) is 6.71. The minimum atomic E-state index is -1.15. The van der Waals surface area contributed by atoms with Crippen LogP contribution in [0, 0.1) is 0 Å². The number of fused-ring (bicyclic) bond motifs is 1. The Morgan fingerprint density at radius 1 is 1.29 bits per heavy atom. The van der Waals surface area contributed by atoms with Crippen molar-refractivity contribution in [3.63, 3.8) is 0 Å². The number of imidazole rings is 1. The van der Waals surface area contributed by atoms with Gasteiger partial charge in [0.05, 0.1) is 11.0 Å². The van der Waals surface area contributed by atoms with Crippen LogP contribution < -0.4 is 5.32 Å². The molecule has 0 radical (unpaired) electrons. The number of amides is 1. The lowest BCUT2D eigenvalue weighted by molar-refractivity contribution is 0.209. The Hall–Kier alpha value is -2.53. The number of nitrogens with one attached hydrogen (secondary N) is 2. The number of halogens is 1. The molecule has 21 heavy (non-hydrogen) atoms. The molecule has 5 nitrogen and oxygen atoms in total. The minimum absolute atomic E-state index is 0.215. The third kappa shape index (κ3) is 2.98. The molecule has 3 rings (SSSR count). The molecular formula is C15H12ClN3O2. The molecule has 0 aliphatic rings. The highest BCUT2D eigenvalue weighted by atomic mass is 35.5. The van der Waals surface area contributed by atoms with E-state index in [1.54, 1.807) is 0 Å². The van der Waals surface area contributed by atoms with Gasteiger partial charge in [0.1, 0.15) is 0 Å². The zero-order valence-corrected chi connectivity index (χ0v) is 11.7. The number of hydrogen-bond donors (Lipinski definition) is 3. The molecule has 3 aromatic rings. The van der Waals surface area contributed by atoms with Gasteiger partial charge in [0.25, 0.3) is 0 Å². The van der Waals surface area contributed by atoms with Crippen LogP contribution in [0.3, 0.4) is 0 Å². The van der Waals surface area contributed by atoms with Crippen molar-refractivity contribution in [2.75, 3.05) is 5.32 Å². The summed E-state index contributed by atoms with van der Waals surface area (Å²) in [6.07, 6.45) is -0.443. The van der Waals surface area contributed by atoms with E-state index in [4.69, 9.17) is 16.7 Å². The maximum Gasteiger partial charge on any atom is 0.411 e. The number of nitrogens with zero attached hydrogens (tertiary/aromatic N) is 1. The van der Waals surface area contributed by atoms with Crippen molar-refractivity contribution in [3.05, 3.63) is 58.6 Å². The maximum absolute atomic E-state index is 10.6. The Morgan fingerprint density at radius 2 is 2.10 bits per heavy atom. The van der Waals surface area contributed by atoms with Crippen LogP contribution in [0.4, 0.5) is 10.7 Å². The Bertz CT molecular complexity index is 814. The Kier molecular flexibility index (Phi) is 3.50. The van der Waals surface area contributed by atoms with E-state index in [0.29, 0.717) is 11.9 Å². The molecule has 6 heteroatoms. The molecule has 106 valence electrons. The van der Waals surface area contributed by atoms with Crippen molar-refractivity contribution in [1.82, 2.24) is 9.97 Å². The Morgan fingerprint density at radius 3 is 2.86 bits per heavy atom. The fourth-order valence-electron chi connectivity index (χ4n) is 2.19. The Labute approximate surface area is 125 Å². The molecule has 3 N–H and O–H groups in total. The highest BCUT2D eigenvalue weighted by Crippen LogP contribution is 2.22. The van der Waals surface area contributed by atoms with Crippen LogP contribution in [0.2, 0.25) is 5.02 Å². The summed E-state index contributed by atoms with van der Waals surface area (Å²) >= 11 is 6.16. The van der Waals surface area contributed by atoms with E-state index in [-0.39, 0.29) is 5.95 Å². The maximum atomic E-state index is 10.6. The first kappa shape index (κ1) is 13.5. The summed E-state index contributed by atoms with van der Waals surface area (Å²) in [6.45, 7) is 0. The molecule has 0 aliphatic heterocycles. The second kappa shape index (κ2) is 5.46. The average molecular weight is 302 g/mol. The summed E-state index contributed by atoms with van der Waals surface area (Å²) in [5, 5.41) is 11.6. The lowest BCUT2D eigenvalue weighted by Gasteiger charge is -2.04. The second-order valence-electron chi connectivity index (χ2n) is 4.64. The predicted octanol–water partition coefficient (Wildman–Crippen LogP) is 3.90. The molecule has 0 saturated carbocycles. The van der Waals surface area contributed by atoms with E-state index in [2.05, 4.69) is 15.3 Å². The average Bonchev–Trinajstić information content (AvgIpc) is 2.82. The van der Waals surface area contributed by atoms with Gasteiger partial charge in [-0.25, -0.2) is 9.78 Å². The van der Waals surface area contributed by atoms with Crippen LogP contribution in [0.25, 0.3) is 11.0 Å². The van der Waals surface area contributed by atoms with E-state index in [0.717, 1.165) is 21.7 Å². The molecule has 0 aliphatic carbocycles. The van der Waals surface area contributed by atoms with Crippen molar-refractivity contribution in [3.8, 4) is 0 Å². The van der Waals surface area contributed by atoms with Crippen LogP contribution in [0.1, 0.15) is 11.1 Å². The van der Waals surface area contributed by atoms with Crippen LogP contribution in [0.5, 0.6) is 0 Å². The van der Waals surface area contributed by atoms with Gasteiger partial charge in [0.2, 0.25) is 5.95 Å². The van der Waals surface area contributed by atoms with Gasteiger partial charge in [-0.1, -0.05) is 35.9 Å². The quantitative estimate of drug-likeness (QED) is 0.686. The first-order chi connectivity index (χ1) is 10.1. The van der Waals surface area contributed by atoms with E-state index < -0.39 is 6.09 Å². The van der Waals surface area contributed by atoms with Crippen molar-refractivity contribution in [1.29, 1.82) is 0 Å². The standard InChI is InChI=1S/C15H12ClN3O2/c16-11-4-2-1-3-10(11)7-9-5-6-12-13(8-9)18-14(17-12)19-15(20)21/h1-6,8H,7H2,(H,20,21)(H2,17,18,19). The summed E-state index contributed by atoms with van der Waals surface area (Å²) in [5.41, 5.74) is 3.60. The summed E-state index contributed by atoms with van der Waals surface area (Å²) in [4.78, 5) is 17.7. The normalized spacial score (nSPS) is 10.7. The first-order valence-electron chi connectivity index (χ1n) is 6.34. The smallest absolute Gasteiger partial charge is 0.411 e. The molecule has 0 atom stereocenters. The number of benzene rings is 2. The van der Waals surface area contributed by atoms with Gasteiger partial charge in [0, 0.05) is 5.02 Å². The minimum Gasteiger partial charge on any atom is -0.465 e. The fourth-order valence-corrected chi connectivity index (χ4v) is 2.39. The van der Waals surface area contributed by atoms with Crippen LogP contribution >= 0.6 is 11.6 Å². The molecule has 1 heterocycles. The van der Waals surface area contributed by atoms with Crippen molar-refractivity contribution in [2.45, 2.75) is 6.42 Å². The van der Waals surface area contributed by atoms with E-state index in [9.17, 15) is 4.79 Å². The number of hydrogen-bond acceptors (Lipinski definition) is 2. The van der Waals surface area contributed by atoms with Gasteiger partial charge in [-0.05, 0) is 35.7 Å². The summed E-state index contributed by atoms with van der Waals surface area (Å²) in [6, 6.07) is 13.4. The van der Waals surface area contributed by atoms with Gasteiger partial charge >= 0.3 is 6.09 Å². The fraction of sp³-hybridized carbons (Fsp3) is 0.0667. The van der Waals surface area contributed by atoms with Gasteiger partial charge in [-0.3, -0.25) is 5.32 Å². The van der Waals surface area contributed by atoms with Gasteiger partial charge in [0.15, 0.2) is 0 Å². The van der Waals surface area contributed by atoms with E-state index in [1.165, 1.54) is 0 Å². The molecule has 0 saturated heterocycles. The SMILES string of the molecule is O=C(O)Nc1nc2ccc(Cc3ccccc3Cl)cc2[nH]1. The molecule has 0 unspecified atom stereocenters. The van der Waals surface area contributed by atoms with Gasteiger partial charge in [-0.2, -0.15) is 0 Å². The van der Waals surface area contributed by atoms with Crippen molar-refractivity contribution < 1.29 is 9.90 Å². The van der Waals surface area contributed by atoms with Crippen LogP contribution in [-0.4, -0.2) is 21.2 Å². The summed E-state index contributed by atoms with van der Waals surface area (Å²) in [5.74, 6) is 0.215. The third-order valence-electron chi connectivity index (χ3n) is 3.12. The summed E-state index contributed by atoms with van der Waals surface area (Å²) < 4.78 is 0. The molecular weight excluding hydrogens is 290 g/mol. The zero-order chi connectivity index (χ0) is 14.8. The zero-order valence-electron chi connectivity index (χ0n) is 10.9. The lowest BCUT2D eigenvalue weighted by Crippen LogP contribution is -2.08. The molecule has 0 bridgehead atoms. The van der Waals surface area contributed by atoms with Crippen LogP contribution in [-0.2, 0) is 6.42 Å². The number of H-pyrrole nitrogens is 1. The van der Waals surface area contributed by atoms with Gasteiger partial charge in [-0.15, -0.1) is 0 Å². The monoisotopic (exact) mass is 301 g/mol. The molecule has 1 amide bonds. The topological polar surface area (TPSA) is 78.0 Å². The number of rotatable bonds is 3. The lowest BCUT2D eigenvalue weighted by atomic mass is 10.0. The number of aromatic amines is 1. The van der Waals surface area contributed by atoms with Gasteiger partial charge < -0.3 is 10.1 Å². The predicted molar refractivity (Wildman–Crippen MR) is 82.0 cm³/mol. The van der Waals surface area contributed by atoms with E-state index in [1.807, 2.05) is 42.5 Å². The molecule has 0 spiro atoms. The van der Waals surface area contributed by atoms with Crippen molar-refractivity contribution in [2.24, 2.45) is 0 Å². The summed E-state index contributed by atoms with van der Waals surface area (Å²) in [7, 11) is 0. The second-order valence-corrected chi connectivity index (χ2v) is 5.04. The highest BCUT2D eigenvalue weighted by Gasteiger charge is 2.07. The third-order valence-corrected chi connectivity index (χ3v) is 3.49. The molecule has 0 fully saturated rings. The Balaban J connectivity index is 1.90. The number of carboxylic acid groups (broad SMARTS) is 1. The number of carbonyl (C=O) groups is 1. The van der Waals surface area contributed by atoms with E-state index >= 15 is 0 Å². The van der Waals surface area contributed by atoms with Crippen LogP contribution in [0.15, 0.2) is 42.5 Å². The molecule has 2 aromatic carbocycles. The molecule has 1 aromatic heterocycles. The largest absolute Gasteiger partial charge is 0.465 e. The number of anilines is 1. The number of aromatic nitrogens is 2. The highest BCUT2D eigenvalue weighted by molar-refractivity contribution is 6.31. The van der Waals surface area contributed by atoms with Crippen molar-refractivity contribution >= 4 is 34.7 Å².